The Morgan fingerprint density at radius 2 is 1.37 bits per heavy atom. The van der Waals surface area contributed by atoms with Gasteiger partial charge in [0.1, 0.15) is 5.76 Å². The first kappa shape index (κ1) is 26.9. The van der Waals surface area contributed by atoms with Crippen LogP contribution in [-0.2, 0) is 27.3 Å². The summed E-state index contributed by atoms with van der Waals surface area (Å²) in [7, 11) is 1.60. The maximum atomic E-state index is 14.1. The average Bonchev–Trinajstić information content (AvgIpc) is 3.48. The molecule has 0 aliphatic rings. The summed E-state index contributed by atoms with van der Waals surface area (Å²) in [6.07, 6.45) is 2.31. The molecule has 4 rings (SSSR count). The van der Waals surface area contributed by atoms with E-state index in [-0.39, 0.29) is 18.4 Å². The van der Waals surface area contributed by atoms with Crippen molar-refractivity contribution in [3.8, 4) is 0 Å². The second-order valence-electron chi connectivity index (χ2n) is 9.14. The number of furan rings is 1. The van der Waals surface area contributed by atoms with Crippen LogP contribution in [0, 0.1) is 0 Å². The van der Waals surface area contributed by atoms with Gasteiger partial charge in [0, 0.05) is 20.2 Å². The molecule has 0 aliphatic carbocycles. The van der Waals surface area contributed by atoms with E-state index in [4.69, 9.17) is 9.15 Å². The van der Waals surface area contributed by atoms with Crippen molar-refractivity contribution in [1.82, 2.24) is 9.80 Å². The van der Waals surface area contributed by atoms with Gasteiger partial charge in [-0.1, -0.05) is 91.0 Å². The number of nitrogens with zero attached hydrogens (tertiary/aromatic N) is 2. The lowest BCUT2D eigenvalue weighted by atomic mass is 9.90. The van der Waals surface area contributed by atoms with Crippen molar-refractivity contribution in [2.24, 2.45) is 0 Å². The number of carbonyl (C=O) groups excluding carboxylic acids is 2. The van der Waals surface area contributed by atoms with E-state index >= 15 is 0 Å². The summed E-state index contributed by atoms with van der Waals surface area (Å²) >= 11 is 0. The molecule has 196 valence electrons. The molecule has 2 amide bonds. The molecule has 0 bridgehead atoms. The lowest BCUT2D eigenvalue weighted by Gasteiger charge is -2.30. The number of hydrogen-bond donors (Lipinski definition) is 0. The van der Waals surface area contributed by atoms with Crippen molar-refractivity contribution in [2.75, 3.05) is 33.4 Å². The summed E-state index contributed by atoms with van der Waals surface area (Å²) in [4.78, 5) is 31.2. The van der Waals surface area contributed by atoms with Gasteiger partial charge in [-0.2, -0.15) is 0 Å². The molecule has 6 heteroatoms. The van der Waals surface area contributed by atoms with Crippen molar-refractivity contribution in [3.05, 3.63) is 132 Å². The van der Waals surface area contributed by atoms with Gasteiger partial charge in [-0.15, -0.1) is 0 Å². The van der Waals surface area contributed by atoms with E-state index in [0.29, 0.717) is 38.4 Å². The topological polar surface area (TPSA) is 63.0 Å². The molecular formula is C32H34N2O4. The molecular weight excluding hydrogens is 476 g/mol. The zero-order chi connectivity index (χ0) is 26.6. The van der Waals surface area contributed by atoms with Gasteiger partial charge < -0.3 is 19.0 Å². The molecule has 0 saturated heterocycles. The Hall–Kier alpha value is -4.16. The minimum Gasteiger partial charge on any atom is -0.467 e. The van der Waals surface area contributed by atoms with Gasteiger partial charge in [-0.05, 0) is 35.2 Å². The van der Waals surface area contributed by atoms with E-state index in [1.54, 1.807) is 23.2 Å². The molecule has 0 atom stereocenters. The monoisotopic (exact) mass is 510 g/mol. The molecule has 6 nitrogen and oxygen atoms in total. The lowest BCUT2D eigenvalue weighted by Crippen LogP contribution is -2.46. The third-order valence-corrected chi connectivity index (χ3v) is 6.51. The van der Waals surface area contributed by atoms with Gasteiger partial charge in [0.05, 0.1) is 31.9 Å². The van der Waals surface area contributed by atoms with Crippen LogP contribution in [0.1, 0.15) is 28.4 Å². The highest BCUT2D eigenvalue weighted by Crippen LogP contribution is 2.27. The lowest BCUT2D eigenvalue weighted by molar-refractivity contribution is -0.141. The van der Waals surface area contributed by atoms with E-state index in [1.807, 2.05) is 103 Å². The first-order valence-corrected chi connectivity index (χ1v) is 12.9. The van der Waals surface area contributed by atoms with Crippen LogP contribution in [0.25, 0.3) is 0 Å². The fourth-order valence-corrected chi connectivity index (χ4v) is 4.47. The van der Waals surface area contributed by atoms with Crippen LogP contribution in [0.5, 0.6) is 0 Å². The molecule has 0 aliphatic heterocycles. The summed E-state index contributed by atoms with van der Waals surface area (Å²) in [6.45, 7) is 1.44. The molecule has 38 heavy (non-hydrogen) atoms. The van der Waals surface area contributed by atoms with E-state index in [1.165, 1.54) is 0 Å². The van der Waals surface area contributed by atoms with Crippen LogP contribution in [0.2, 0.25) is 0 Å². The Balaban J connectivity index is 1.57. The van der Waals surface area contributed by atoms with Crippen LogP contribution in [0.3, 0.4) is 0 Å². The molecule has 1 aromatic heterocycles. The Bertz CT molecular complexity index is 1210. The van der Waals surface area contributed by atoms with Crippen molar-refractivity contribution < 1.29 is 18.7 Å². The quantitative estimate of drug-likeness (QED) is 0.249. The Morgan fingerprint density at radius 3 is 1.92 bits per heavy atom. The Morgan fingerprint density at radius 1 is 0.763 bits per heavy atom. The second kappa shape index (κ2) is 14.0. The highest BCUT2D eigenvalue weighted by molar-refractivity contribution is 5.91. The molecule has 4 aromatic rings. The van der Waals surface area contributed by atoms with E-state index in [2.05, 4.69) is 0 Å². The number of carbonyl (C=O) groups is 2. The number of benzene rings is 3. The summed E-state index contributed by atoms with van der Waals surface area (Å²) in [5, 5.41) is 0. The highest BCUT2D eigenvalue weighted by atomic mass is 16.5. The van der Waals surface area contributed by atoms with Gasteiger partial charge in [0.25, 0.3) is 0 Å². The Kier molecular flexibility index (Phi) is 9.88. The summed E-state index contributed by atoms with van der Waals surface area (Å²) < 4.78 is 10.9. The third-order valence-electron chi connectivity index (χ3n) is 6.51. The normalized spacial score (nSPS) is 10.9. The van der Waals surface area contributed by atoms with Crippen LogP contribution in [0.15, 0.2) is 114 Å². The molecule has 1 heterocycles. The van der Waals surface area contributed by atoms with Crippen LogP contribution in [-0.4, -0.2) is 55.0 Å². The van der Waals surface area contributed by atoms with Crippen molar-refractivity contribution in [1.29, 1.82) is 0 Å². The minimum absolute atomic E-state index is 0.0478. The zero-order valence-electron chi connectivity index (χ0n) is 21.7. The highest BCUT2D eigenvalue weighted by Gasteiger charge is 2.30. The fourth-order valence-electron chi connectivity index (χ4n) is 4.47. The second-order valence-corrected chi connectivity index (χ2v) is 9.14. The fraction of sp³-hybridized carbons (Fsp3) is 0.250. The van der Waals surface area contributed by atoms with Crippen LogP contribution in [0.4, 0.5) is 0 Å². The van der Waals surface area contributed by atoms with Crippen LogP contribution >= 0.6 is 0 Å². The zero-order valence-corrected chi connectivity index (χ0v) is 21.7. The number of ether oxygens (including phenoxy) is 1. The van der Waals surface area contributed by atoms with Crippen LogP contribution < -0.4 is 0 Å². The van der Waals surface area contributed by atoms with Crippen molar-refractivity contribution >= 4 is 11.8 Å². The van der Waals surface area contributed by atoms with E-state index in [0.717, 1.165) is 16.7 Å². The number of amides is 2. The SMILES string of the molecule is COCCN(CC(=O)N(CCc1ccccc1)Cc1ccco1)C(=O)C(c1ccccc1)c1ccccc1. The minimum atomic E-state index is -0.523. The molecule has 0 N–H and O–H groups in total. The van der Waals surface area contributed by atoms with Gasteiger partial charge in [0.2, 0.25) is 11.8 Å². The van der Waals surface area contributed by atoms with E-state index < -0.39 is 5.92 Å². The van der Waals surface area contributed by atoms with Crippen molar-refractivity contribution in [3.63, 3.8) is 0 Å². The first-order chi connectivity index (χ1) is 18.7. The average molecular weight is 511 g/mol. The standard InChI is InChI=1S/C32H34N2O4/c1-37-23-21-34(32(36)31(27-14-7-3-8-15-27)28-16-9-4-10-17-28)25-30(35)33(24-29-18-11-22-38-29)20-19-26-12-5-2-6-13-26/h2-18,22,31H,19-21,23-25H2,1H3. The first-order valence-electron chi connectivity index (χ1n) is 12.9. The summed E-state index contributed by atoms with van der Waals surface area (Å²) in [6, 6.07) is 33.1. The maximum absolute atomic E-state index is 14.1. The third kappa shape index (κ3) is 7.43. The number of hydrogen-bond acceptors (Lipinski definition) is 4. The maximum Gasteiger partial charge on any atom is 0.242 e. The molecule has 0 radical (unpaired) electrons. The summed E-state index contributed by atoms with van der Waals surface area (Å²) in [5.74, 6) is -0.0898. The van der Waals surface area contributed by atoms with E-state index in [9.17, 15) is 9.59 Å². The number of methoxy groups -OCH3 is 1. The predicted molar refractivity (Wildman–Crippen MR) is 147 cm³/mol. The molecule has 3 aromatic carbocycles. The smallest absolute Gasteiger partial charge is 0.242 e. The summed E-state index contributed by atoms with van der Waals surface area (Å²) in [5.41, 5.74) is 2.91. The van der Waals surface area contributed by atoms with Gasteiger partial charge in [-0.25, -0.2) is 0 Å². The molecule has 0 saturated carbocycles. The predicted octanol–water partition coefficient (Wildman–Crippen LogP) is 5.16. The van der Waals surface area contributed by atoms with Crippen molar-refractivity contribution in [2.45, 2.75) is 18.9 Å². The molecule has 0 fully saturated rings. The molecule has 0 unspecified atom stereocenters. The van der Waals surface area contributed by atoms with Gasteiger partial charge in [-0.3, -0.25) is 9.59 Å². The molecule has 0 spiro atoms. The Labute approximate surface area is 224 Å². The van der Waals surface area contributed by atoms with Gasteiger partial charge in [0.15, 0.2) is 0 Å². The van der Waals surface area contributed by atoms with Gasteiger partial charge >= 0.3 is 0 Å². The number of rotatable bonds is 13. The largest absolute Gasteiger partial charge is 0.467 e.